The van der Waals surface area contributed by atoms with E-state index >= 15 is 0 Å². The van der Waals surface area contributed by atoms with Crippen LogP contribution in [-0.4, -0.2) is 64.6 Å². The highest BCUT2D eigenvalue weighted by Gasteiger charge is 2.30. The number of thiophene rings is 1. The number of nitrogens with zero attached hydrogens (tertiary/aromatic N) is 4. The highest BCUT2D eigenvalue weighted by Crippen LogP contribution is 2.27. The molecule has 3 aromatic heterocycles. The van der Waals surface area contributed by atoms with E-state index in [-0.39, 0.29) is 11.8 Å². The van der Waals surface area contributed by atoms with Crippen LogP contribution >= 0.6 is 11.3 Å². The van der Waals surface area contributed by atoms with Crippen molar-refractivity contribution in [3.63, 3.8) is 0 Å². The van der Waals surface area contributed by atoms with Gasteiger partial charge in [0.2, 0.25) is 5.91 Å². The van der Waals surface area contributed by atoms with E-state index in [4.69, 9.17) is 4.42 Å². The van der Waals surface area contributed by atoms with Crippen LogP contribution in [0.5, 0.6) is 0 Å². The second-order valence-corrected chi connectivity index (χ2v) is 7.63. The standard InChI is InChI=1S/C18H21N5O3S/c1-19-16(12-10-20-21(2)11-12)18(25)23-6-4-22(5-7-23)17(24)15-9-13-14(27-15)3-8-26-13/h3,8-11,16,19H,4-7H2,1-2H3. The van der Waals surface area contributed by atoms with Crippen molar-refractivity contribution in [1.29, 1.82) is 0 Å². The van der Waals surface area contributed by atoms with E-state index in [1.165, 1.54) is 11.3 Å². The van der Waals surface area contributed by atoms with Crippen LogP contribution in [0.25, 0.3) is 10.3 Å². The second kappa shape index (κ2) is 7.16. The summed E-state index contributed by atoms with van der Waals surface area (Å²) in [6.45, 7) is 2.08. The number of hydrogen-bond donors (Lipinski definition) is 1. The Bertz CT molecular complexity index is 938. The lowest BCUT2D eigenvalue weighted by molar-refractivity contribution is -0.135. The lowest BCUT2D eigenvalue weighted by atomic mass is 10.1. The van der Waals surface area contributed by atoms with Crippen LogP contribution < -0.4 is 5.32 Å². The van der Waals surface area contributed by atoms with Crippen LogP contribution in [0.3, 0.4) is 0 Å². The number of fused-ring (bicyclic) bond motifs is 1. The van der Waals surface area contributed by atoms with Gasteiger partial charge in [-0.05, 0) is 13.1 Å². The van der Waals surface area contributed by atoms with Gasteiger partial charge in [0.25, 0.3) is 5.91 Å². The molecule has 27 heavy (non-hydrogen) atoms. The Morgan fingerprint density at radius 2 is 2.00 bits per heavy atom. The minimum atomic E-state index is -0.426. The first kappa shape index (κ1) is 17.7. The summed E-state index contributed by atoms with van der Waals surface area (Å²) in [5.41, 5.74) is 1.58. The van der Waals surface area contributed by atoms with Crippen LogP contribution in [0, 0.1) is 0 Å². The molecule has 0 saturated carbocycles. The first-order valence-electron chi connectivity index (χ1n) is 8.77. The number of amides is 2. The Morgan fingerprint density at radius 3 is 2.63 bits per heavy atom. The Kier molecular flexibility index (Phi) is 4.71. The number of furan rings is 1. The van der Waals surface area contributed by atoms with Gasteiger partial charge in [-0.3, -0.25) is 14.3 Å². The number of carbonyl (C=O) groups is 2. The number of aryl methyl sites for hydroxylation is 1. The number of nitrogens with one attached hydrogen (secondary N) is 1. The zero-order chi connectivity index (χ0) is 19.0. The summed E-state index contributed by atoms with van der Waals surface area (Å²) in [4.78, 5) is 29.9. The molecule has 0 radical (unpaired) electrons. The van der Waals surface area contributed by atoms with Crippen LogP contribution in [0.4, 0.5) is 0 Å². The number of likely N-dealkylation sites (N-methyl/N-ethyl adjacent to an activating group) is 1. The van der Waals surface area contributed by atoms with Crippen molar-refractivity contribution in [2.24, 2.45) is 7.05 Å². The van der Waals surface area contributed by atoms with E-state index in [1.807, 2.05) is 19.3 Å². The van der Waals surface area contributed by atoms with E-state index in [2.05, 4.69) is 10.4 Å². The monoisotopic (exact) mass is 387 g/mol. The molecule has 8 nitrogen and oxygen atoms in total. The van der Waals surface area contributed by atoms with E-state index in [0.717, 1.165) is 15.8 Å². The van der Waals surface area contributed by atoms with E-state index in [0.29, 0.717) is 31.1 Å². The second-order valence-electron chi connectivity index (χ2n) is 6.55. The SMILES string of the molecule is CNC(C(=O)N1CCN(C(=O)c2cc3occc3s2)CC1)c1cnn(C)c1. The molecule has 0 aromatic carbocycles. The molecule has 0 spiro atoms. The lowest BCUT2D eigenvalue weighted by Gasteiger charge is -2.36. The van der Waals surface area contributed by atoms with Gasteiger partial charge in [0.15, 0.2) is 0 Å². The minimum Gasteiger partial charge on any atom is -0.463 e. The van der Waals surface area contributed by atoms with E-state index in [1.54, 1.807) is 40.1 Å². The summed E-state index contributed by atoms with van der Waals surface area (Å²) in [6, 6.07) is 3.23. The third-order valence-corrected chi connectivity index (χ3v) is 5.89. The van der Waals surface area contributed by atoms with Gasteiger partial charge in [0.05, 0.1) is 22.0 Å². The predicted molar refractivity (Wildman–Crippen MR) is 102 cm³/mol. The van der Waals surface area contributed by atoms with Gasteiger partial charge < -0.3 is 19.5 Å². The fraction of sp³-hybridized carbons (Fsp3) is 0.389. The molecular weight excluding hydrogens is 366 g/mol. The molecule has 1 aliphatic rings. The molecule has 0 aliphatic carbocycles. The van der Waals surface area contributed by atoms with Gasteiger partial charge in [-0.15, -0.1) is 11.3 Å². The number of hydrogen-bond acceptors (Lipinski definition) is 6. The Morgan fingerprint density at radius 1 is 1.26 bits per heavy atom. The molecule has 0 bridgehead atoms. The smallest absolute Gasteiger partial charge is 0.264 e. The minimum absolute atomic E-state index is 0.00377. The molecule has 9 heteroatoms. The third kappa shape index (κ3) is 3.35. The van der Waals surface area contributed by atoms with Gasteiger partial charge in [0.1, 0.15) is 11.6 Å². The average molecular weight is 387 g/mol. The lowest BCUT2D eigenvalue weighted by Crippen LogP contribution is -2.52. The van der Waals surface area contributed by atoms with Crippen LogP contribution in [0.1, 0.15) is 21.3 Å². The first-order valence-corrected chi connectivity index (χ1v) is 9.59. The maximum Gasteiger partial charge on any atom is 0.264 e. The molecular formula is C18H21N5O3S. The molecule has 1 saturated heterocycles. The van der Waals surface area contributed by atoms with Crippen molar-refractivity contribution in [1.82, 2.24) is 24.9 Å². The molecule has 3 aromatic rings. The molecule has 1 unspecified atom stereocenters. The number of piperazine rings is 1. The molecule has 1 atom stereocenters. The van der Waals surface area contributed by atoms with Crippen molar-refractivity contribution in [2.75, 3.05) is 33.2 Å². The molecule has 1 N–H and O–H groups in total. The van der Waals surface area contributed by atoms with Gasteiger partial charge >= 0.3 is 0 Å². The Hall–Kier alpha value is -2.65. The zero-order valence-electron chi connectivity index (χ0n) is 15.2. The van der Waals surface area contributed by atoms with Crippen molar-refractivity contribution in [3.8, 4) is 0 Å². The van der Waals surface area contributed by atoms with Gasteiger partial charge in [-0.25, -0.2) is 0 Å². The van der Waals surface area contributed by atoms with Crippen LogP contribution in [-0.2, 0) is 11.8 Å². The van der Waals surface area contributed by atoms with Gasteiger partial charge in [0, 0.05) is 51.1 Å². The predicted octanol–water partition coefficient (Wildman–Crippen LogP) is 1.47. The molecule has 1 fully saturated rings. The van der Waals surface area contributed by atoms with Crippen molar-refractivity contribution in [2.45, 2.75) is 6.04 Å². The Balaban J connectivity index is 1.39. The van der Waals surface area contributed by atoms with Crippen molar-refractivity contribution < 1.29 is 14.0 Å². The number of carbonyl (C=O) groups excluding carboxylic acids is 2. The summed E-state index contributed by atoms with van der Waals surface area (Å²) >= 11 is 1.44. The number of rotatable bonds is 4. The van der Waals surface area contributed by atoms with Gasteiger partial charge in [-0.1, -0.05) is 0 Å². The molecule has 142 valence electrons. The first-order chi connectivity index (χ1) is 13.1. The van der Waals surface area contributed by atoms with Gasteiger partial charge in [-0.2, -0.15) is 5.10 Å². The maximum atomic E-state index is 12.9. The topological polar surface area (TPSA) is 83.6 Å². The molecule has 4 heterocycles. The summed E-state index contributed by atoms with van der Waals surface area (Å²) in [7, 11) is 3.59. The maximum absolute atomic E-state index is 12.9. The number of aromatic nitrogens is 2. The van der Waals surface area contributed by atoms with E-state index in [9.17, 15) is 9.59 Å². The molecule has 2 amide bonds. The van der Waals surface area contributed by atoms with Crippen molar-refractivity contribution in [3.05, 3.63) is 41.2 Å². The summed E-state index contributed by atoms with van der Waals surface area (Å²) in [5.74, 6) is 0.00200. The van der Waals surface area contributed by atoms with Crippen LogP contribution in [0.15, 0.2) is 35.2 Å². The molecule has 4 rings (SSSR count). The fourth-order valence-corrected chi connectivity index (χ4v) is 4.31. The Labute approximate surface area is 160 Å². The third-order valence-electron chi connectivity index (χ3n) is 4.82. The highest BCUT2D eigenvalue weighted by molar-refractivity contribution is 7.20. The van der Waals surface area contributed by atoms with Crippen molar-refractivity contribution >= 4 is 33.4 Å². The largest absolute Gasteiger partial charge is 0.463 e. The summed E-state index contributed by atoms with van der Waals surface area (Å²) in [6.07, 6.45) is 5.16. The molecule has 1 aliphatic heterocycles. The summed E-state index contributed by atoms with van der Waals surface area (Å²) < 4.78 is 7.99. The fourth-order valence-electron chi connectivity index (χ4n) is 3.36. The zero-order valence-corrected chi connectivity index (χ0v) is 16.0. The van der Waals surface area contributed by atoms with E-state index < -0.39 is 6.04 Å². The highest BCUT2D eigenvalue weighted by atomic mass is 32.1. The quantitative estimate of drug-likeness (QED) is 0.733. The average Bonchev–Trinajstić information content (AvgIpc) is 3.38. The summed E-state index contributed by atoms with van der Waals surface area (Å²) in [5, 5.41) is 7.21. The normalized spacial score (nSPS) is 16.1. The van der Waals surface area contributed by atoms with Crippen LogP contribution in [0.2, 0.25) is 0 Å².